The van der Waals surface area contributed by atoms with Crippen molar-refractivity contribution in [3.63, 3.8) is 0 Å². The Hall–Kier alpha value is -1.51. The molecular formula is C15H23NO2. The molecule has 0 unspecified atom stereocenters. The summed E-state index contributed by atoms with van der Waals surface area (Å²) in [6, 6.07) is 7.12. The molecule has 0 aromatic heterocycles. The number of hydrogen-bond donors (Lipinski definition) is 1. The molecule has 0 atom stereocenters. The van der Waals surface area contributed by atoms with Gasteiger partial charge in [0.15, 0.2) is 0 Å². The number of carbonyl (C=O) groups excluding carboxylic acids is 1. The Labute approximate surface area is 109 Å². The third-order valence-electron chi connectivity index (χ3n) is 2.91. The Bertz CT molecular complexity index is 363. The highest BCUT2D eigenvalue weighted by molar-refractivity contribution is 5.95. The summed E-state index contributed by atoms with van der Waals surface area (Å²) in [5.41, 5.74) is 5.74. The molecule has 1 rings (SSSR count). The number of rotatable bonds is 9. The van der Waals surface area contributed by atoms with Crippen molar-refractivity contribution < 1.29 is 9.53 Å². The van der Waals surface area contributed by atoms with Crippen LogP contribution in [0.2, 0.25) is 0 Å². The van der Waals surface area contributed by atoms with Crippen LogP contribution in [0.3, 0.4) is 0 Å². The van der Waals surface area contributed by atoms with Crippen LogP contribution in [0.15, 0.2) is 24.3 Å². The van der Waals surface area contributed by atoms with Crippen LogP contribution in [-0.2, 0) is 0 Å². The topological polar surface area (TPSA) is 52.3 Å². The van der Waals surface area contributed by atoms with E-state index in [4.69, 9.17) is 10.5 Å². The average Bonchev–Trinajstić information content (AvgIpc) is 2.38. The van der Waals surface area contributed by atoms with Crippen molar-refractivity contribution in [3.8, 4) is 5.75 Å². The highest BCUT2D eigenvalue weighted by Gasteiger charge is 2.07. The minimum Gasteiger partial charge on any atom is -0.493 e. The summed E-state index contributed by atoms with van der Waals surface area (Å²) >= 11 is 0. The van der Waals surface area contributed by atoms with Crippen LogP contribution in [0.4, 0.5) is 0 Å². The fourth-order valence-electron chi connectivity index (χ4n) is 1.86. The molecule has 0 heterocycles. The number of carbonyl (C=O) groups is 1. The zero-order chi connectivity index (χ0) is 13.2. The number of para-hydroxylation sites is 1. The summed E-state index contributed by atoms with van der Waals surface area (Å²) in [6.07, 6.45) is 7.34. The summed E-state index contributed by atoms with van der Waals surface area (Å²) in [5, 5.41) is 0. The maximum atomic E-state index is 11.2. The van der Waals surface area contributed by atoms with Crippen molar-refractivity contribution in [2.45, 2.75) is 45.4 Å². The predicted molar refractivity (Wildman–Crippen MR) is 73.8 cm³/mol. The summed E-state index contributed by atoms with van der Waals surface area (Å²) in [6.45, 7) is 2.86. The smallest absolute Gasteiger partial charge is 0.252 e. The molecule has 0 saturated heterocycles. The average molecular weight is 249 g/mol. The Morgan fingerprint density at radius 2 is 1.78 bits per heavy atom. The van der Waals surface area contributed by atoms with Crippen LogP contribution in [0.1, 0.15) is 55.8 Å². The third kappa shape index (κ3) is 5.21. The summed E-state index contributed by atoms with van der Waals surface area (Å²) in [4.78, 5) is 11.2. The van der Waals surface area contributed by atoms with Crippen LogP contribution in [-0.4, -0.2) is 12.5 Å². The molecule has 0 aliphatic carbocycles. The van der Waals surface area contributed by atoms with Crippen molar-refractivity contribution in [1.29, 1.82) is 0 Å². The van der Waals surface area contributed by atoms with E-state index in [2.05, 4.69) is 6.92 Å². The second kappa shape index (κ2) is 8.56. The standard InChI is InChI=1S/C15H23NO2/c1-2-3-4-5-6-9-12-18-14-11-8-7-10-13(14)15(16)17/h7-8,10-11H,2-6,9,12H2,1H3,(H2,16,17). The molecule has 18 heavy (non-hydrogen) atoms. The van der Waals surface area contributed by atoms with E-state index in [1.54, 1.807) is 18.2 Å². The lowest BCUT2D eigenvalue weighted by Crippen LogP contribution is -2.13. The van der Waals surface area contributed by atoms with E-state index in [-0.39, 0.29) is 0 Å². The van der Waals surface area contributed by atoms with Crippen molar-refractivity contribution in [1.82, 2.24) is 0 Å². The van der Waals surface area contributed by atoms with Crippen LogP contribution in [0.5, 0.6) is 5.75 Å². The molecule has 0 saturated carbocycles. The summed E-state index contributed by atoms with van der Waals surface area (Å²) in [7, 11) is 0. The first-order valence-electron chi connectivity index (χ1n) is 6.77. The van der Waals surface area contributed by atoms with Gasteiger partial charge in [-0.05, 0) is 18.6 Å². The van der Waals surface area contributed by atoms with E-state index in [0.29, 0.717) is 17.9 Å². The van der Waals surface area contributed by atoms with Gasteiger partial charge in [-0.3, -0.25) is 4.79 Å². The normalized spacial score (nSPS) is 10.3. The largest absolute Gasteiger partial charge is 0.493 e. The van der Waals surface area contributed by atoms with Crippen molar-refractivity contribution in [2.24, 2.45) is 5.73 Å². The minimum absolute atomic E-state index is 0.437. The Kier molecular flexibility index (Phi) is 6.92. The molecule has 3 heteroatoms. The molecule has 1 aromatic rings. The van der Waals surface area contributed by atoms with Crippen LogP contribution in [0.25, 0.3) is 0 Å². The number of nitrogens with two attached hydrogens (primary N) is 1. The monoisotopic (exact) mass is 249 g/mol. The number of primary amides is 1. The molecule has 0 aliphatic heterocycles. The molecule has 0 bridgehead atoms. The number of amides is 1. The fraction of sp³-hybridized carbons (Fsp3) is 0.533. The predicted octanol–water partition coefficient (Wildman–Crippen LogP) is 3.52. The van der Waals surface area contributed by atoms with Gasteiger partial charge < -0.3 is 10.5 Å². The van der Waals surface area contributed by atoms with Gasteiger partial charge in [0, 0.05) is 0 Å². The highest BCUT2D eigenvalue weighted by atomic mass is 16.5. The van der Waals surface area contributed by atoms with Gasteiger partial charge in [0.2, 0.25) is 0 Å². The lowest BCUT2D eigenvalue weighted by atomic mass is 10.1. The van der Waals surface area contributed by atoms with Gasteiger partial charge in [0.1, 0.15) is 5.75 Å². The maximum absolute atomic E-state index is 11.2. The van der Waals surface area contributed by atoms with E-state index >= 15 is 0 Å². The Morgan fingerprint density at radius 3 is 2.50 bits per heavy atom. The Balaban J connectivity index is 2.25. The number of benzene rings is 1. The molecule has 1 aromatic carbocycles. The maximum Gasteiger partial charge on any atom is 0.252 e. The lowest BCUT2D eigenvalue weighted by molar-refractivity contribution is 0.0996. The SMILES string of the molecule is CCCCCCCCOc1ccccc1C(N)=O. The second-order valence-electron chi connectivity index (χ2n) is 4.48. The van der Waals surface area contributed by atoms with Crippen molar-refractivity contribution >= 4 is 5.91 Å². The molecule has 1 amide bonds. The number of ether oxygens (including phenoxy) is 1. The third-order valence-corrected chi connectivity index (χ3v) is 2.91. The van der Waals surface area contributed by atoms with Crippen LogP contribution >= 0.6 is 0 Å². The molecule has 100 valence electrons. The quantitative estimate of drug-likeness (QED) is 0.681. The first kappa shape index (κ1) is 14.6. The van der Waals surface area contributed by atoms with Gasteiger partial charge in [0.05, 0.1) is 12.2 Å². The minimum atomic E-state index is -0.437. The molecule has 2 N–H and O–H groups in total. The Morgan fingerprint density at radius 1 is 1.11 bits per heavy atom. The van der Waals surface area contributed by atoms with E-state index in [0.717, 1.165) is 6.42 Å². The van der Waals surface area contributed by atoms with Gasteiger partial charge in [-0.15, -0.1) is 0 Å². The van der Waals surface area contributed by atoms with Gasteiger partial charge in [-0.25, -0.2) is 0 Å². The highest BCUT2D eigenvalue weighted by Crippen LogP contribution is 2.17. The van der Waals surface area contributed by atoms with Crippen LogP contribution < -0.4 is 10.5 Å². The van der Waals surface area contributed by atoms with Crippen LogP contribution in [0, 0.1) is 0 Å². The van der Waals surface area contributed by atoms with E-state index < -0.39 is 5.91 Å². The number of hydrogen-bond acceptors (Lipinski definition) is 2. The molecule has 0 aliphatic rings. The van der Waals surface area contributed by atoms with Gasteiger partial charge in [-0.1, -0.05) is 51.2 Å². The van der Waals surface area contributed by atoms with Gasteiger partial charge in [0.25, 0.3) is 5.91 Å². The summed E-state index contributed by atoms with van der Waals surface area (Å²) < 4.78 is 5.60. The second-order valence-corrected chi connectivity index (χ2v) is 4.48. The fourth-order valence-corrected chi connectivity index (χ4v) is 1.86. The summed E-state index contributed by atoms with van der Waals surface area (Å²) in [5.74, 6) is 0.159. The van der Waals surface area contributed by atoms with Gasteiger partial charge in [-0.2, -0.15) is 0 Å². The van der Waals surface area contributed by atoms with E-state index in [1.165, 1.54) is 32.1 Å². The molecule has 0 radical (unpaired) electrons. The molecule has 3 nitrogen and oxygen atoms in total. The zero-order valence-electron chi connectivity index (χ0n) is 11.2. The zero-order valence-corrected chi connectivity index (χ0v) is 11.2. The molecular weight excluding hydrogens is 226 g/mol. The lowest BCUT2D eigenvalue weighted by Gasteiger charge is -2.09. The van der Waals surface area contributed by atoms with E-state index in [9.17, 15) is 4.79 Å². The molecule has 0 spiro atoms. The first-order valence-corrected chi connectivity index (χ1v) is 6.77. The van der Waals surface area contributed by atoms with Crippen molar-refractivity contribution in [3.05, 3.63) is 29.8 Å². The van der Waals surface area contributed by atoms with E-state index in [1.807, 2.05) is 6.07 Å². The first-order chi connectivity index (χ1) is 8.75. The van der Waals surface area contributed by atoms with Gasteiger partial charge >= 0.3 is 0 Å². The molecule has 0 fully saturated rings. The van der Waals surface area contributed by atoms with Crippen molar-refractivity contribution in [2.75, 3.05) is 6.61 Å². The number of unbranched alkanes of at least 4 members (excludes halogenated alkanes) is 5.